The van der Waals surface area contributed by atoms with Crippen LogP contribution in [0.4, 0.5) is 0 Å². The first kappa shape index (κ1) is 17.1. The van der Waals surface area contributed by atoms with Crippen molar-refractivity contribution in [2.75, 3.05) is 20.2 Å². The molecule has 1 aromatic heterocycles. The lowest BCUT2D eigenvalue weighted by molar-refractivity contribution is 0.0602. The van der Waals surface area contributed by atoms with Crippen LogP contribution in [-0.4, -0.2) is 38.9 Å². The SMILES string of the molecule is CCN(CC(C)C)S(=O)(=O)c1c(C)csc1C(=O)OC. The van der Waals surface area contributed by atoms with Crippen LogP contribution in [-0.2, 0) is 14.8 Å². The highest BCUT2D eigenvalue weighted by Crippen LogP contribution is 2.30. The van der Waals surface area contributed by atoms with Gasteiger partial charge in [0.1, 0.15) is 9.77 Å². The molecule has 0 aliphatic heterocycles. The third-order valence-corrected chi connectivity index (χ3v) is 6.14. The molecule has 0 N–H and O–H groups in total. The van der Waals surface area contributed by atoms with Crippen molar-refractivity contribution in [2.24, 2.45) is 5.92 Å². The van der Waals surface area contributed by atoms with Gasteiger partial charge >= 0.3 is 5.97 Å². The van der Waals surface area contributed by atoms with E-state index in [1.165, 1.54) is 11.4 Å². The highest BCUT2D eigenvalue weighted by atomic mass is 32.2. The van der Waals surface area contributed by atoms with E-state index in [0.717, 1.165) is 11.3 Å². The minimum Gasteiger partial charge on any atom is -0.465 e. The Morgan fingerprint density at radius 1 is 1.45 bits per heavy atom. The van der Waals surface area contributed by atoms with Gasteiger partial charge in [0.25, 0.3) is 0 Å². The molecule has 0 atom stereocenters. The Kier molecular flexibility index (Phi) is 5.73. The van der Waals surface area contributed by atoms with Gasteiger partial charge in [-0.25, -0.2) is 13.2 Å². The fourth-order valence-electron chi connectivity index (χ4n) is 1.92. The highest BCUT2D eigenvalue weighted by Gasteiger charge is 2.32. The Bertz CT molecular complexity index is 575. The van der Waals surface area contributed by atoms with E-state index in [2.05, 4.69) is 4.74 Å². The molecule has 0 saturated heterocycles. The van der Waals surface area contributed by atoms with Crippen molar-refractivity contribution < 1.29 is 17.9 Å². The summed E-state index contributed by atoms with van der Waals surface area (Å²) in [6.07, 6.45) is 0. The Labute approximate surface area is 124 Å². The number of carbonyl (C=O) groups excluding carboxylic acids is 1. The van der Waals surface area contributed by atoms with E-state index in [1.54, 1.807) is 19.2 Å². The second-order valence-corrected chi connectivity index (χ2v) is 7.67. The van der Waals surface area contributed by atoms with Crippen LogP contribution in [0.15, 0.2) is 10.3 Å². The maximum Gasteiger partial charge on any atom is 0.349 e. The first-order valence-corrected chi connectivity index (χ1v) is 8.74. The number of thiophene rings is 1. The molecular weight excluding hydrogens is 298 g/mol. The van der Waals surface area contributed by atoms with Crippen molar-refractivity contribution in [2.45, 2.75) is 32.6 Å². The van der Waals surface area contributed by atoms with Crippen molar-refractivity contribution >= 4 is 27.3 Å². The molecule has 7 heteroatoms. The molecule has 5 nitrogen and oxygen atoms in total. The van der Waals surface area contributed by atoms with Gasteiger partial charge in [0.05, 0.1) is 7.11 Å². The summed E-state index contributed by atoms with van der Waals surface area (Å²) in [5.41, 5.74) is 0.581. The maximum atomic E-state index is 12.7. The first-order valence-electron chi connectivity index (χ1n) is 6.42. The van der Waals surface area contributed by atoms with E-state index in [4.69, 9.17) is 0 Å². The molecule has 0 spiro atoms. The fourth-order valence-corrected chi connectivity index (χ4v) is 5.19. The number of ether oxygens (including phenoxy) is 1. The molecular formula is C13H21NO4S2. The smallest absolute Gasteiger partial charge is 0.349 e. The van der Waals surface area contributed by atoms with Gasteiger partial charge in [-0.15, -0.1) is 11.3 Å². The van der Waals surface area contributed by atoms with Gasteiger partial charge in [-0.05, 0) is 23.8 Å². The summed E-state index contributed by atoms with van der Waals surface area (Å²) in [6, 6.07) is 0. The van der Waals surface area contributed by atoms with E-state index in [-0.39, 0.29) is 15.7 Å². The Hall–Kier alpha value is -0.920. The number of esters is 1. The summed E-state index contributed by atoms with van der Waals surface area (Å²) in [4.78, 5) is 12.0. The predicted molar refractivity (Wildman–Crippen MR) is 79.7 cm³/mol. The standard InChI is InChI=1S/C13H21NO4S2/c1-6-14(7-9(2)3)20(16,17)12-10(4)8-19-11(12)13(15)18-5/h8-9H,6-7H2,1-5H3. The number of methoxy groups -OCH3 is 1. The Morgan fingerprint density at radius 3 is 2.50 bits per heavy atom. The number of nitrogens with zero attached hydrogens (tertiary/aromatic N) is 1. The van der Waals surface area contributed by atoms with Gasteiger partial charge in [-0.3, -0.25) is 0 Å². The van der Waals surface area contributed by atoms with Crippen molar-refractivity contribution in [3.05, 3.63) is 15.8 Å². The predicted octanol–water partition coefficient (Wildman–Crippen LogP) is 2.51. The lowest BCUT2D eigenvalue weighted by Gasteiger charge is -2.22. The maximum absolute atomic E-state index is 12.7. The Morgan fingerprint density at radius 2 is 2.05 bits per heavy atom. The third-order valence-electron chi connectivity index (χ3n) is 2.81. The number of sulfonamides is 1. The second kappa shape index (κ2) is 6.69. The molecule has 1 aromatic rings. The summed E-state index contributed by atoms with van der Waals surface area (Å²) < 4.78 is 31.6. The zero-order valence-electron chi connectivity index (χ0n) is 12.5. The van der Waals surface area contributed by atoms with Crippen LogP contribution >= 0.6 is 11.3 Å². The molecule has 0 amide bonds. The third kappa shape index (κ3) is 3.39. The molecule has 0 unspecified atom stereocenters. The number of hydrogen-bond donors (Lipinski definition) is 0. The van der Waals surface area contributed by atoms with Crippen LogP contribution in [0.1, 0.15) is 36.0 Å². The monoisotopic (exact) mass is 319 g/mol. The average Bonchev–Trinajstić information content (AvgIpc) is 2.77. The zero-order valence-corrected chi connectivity index (χ0v) is 14.1. The largest absolute Gasteiger partial charge is 0.465 e. The van der Waals surface area contributed by atoms with E-state index in [9.17, 15) is 13.2 Å². The van der Waals surface area contributed by atoms with Crippen LogP contribution in [0.3, 0.4) is 0 Å². The van der Waals surface area contributed by atoms with Gasteiger partial charge in [0.15, 0.2) is 0 Å². The van der Waals surface area contributed by atoms with Gasteiger partial charge in [0.2, 0.25) is 10.0 Å². The number of aryl methyl sites for hydroxylation is 1. The van der Waals surface area contributed by atoms with Crippen molar-refractivity contribution in [1.29, 1.82) is 0 Å². The van der Waals surface area contributed by atoms with Gasteiger partial charge in [-0.2, -0.15) is 4.31 Å². The van der Waals surface area contributed by atoms with Gasteiger partial charge in [-0.1, -0.05) is 20.8 Å². The molecule has 0 aliphatic carbocycles. The van der Waals surface area contributed by atoms with Gasteiger partial charge < -0.3 is 4.74 Å². The highest BCUT2D eigenvalue weighted by molar-refractivity contribution is 7.89. The van der Waals surface area contributed by atoms with Crippen LogP contribution in [0.25, 0.3) is 0 Å². The quantitative estimate of drug-likeness (QED) is 0.756. The molecule has 20 heavy (non-hydrogen) atoms. The average molecular weight is 319 g/mol. The van der Waals surface area contributed by atoms with Crippen molar-refractivity contribution in [1.82, 2.24) is 4.31 Å². The van der Waals surface area contributed by atoms with Crippen molar-refractivity contribution in [3.63, 3.8) is 0 Å². The molecule has 0 aromatic carbocycles. The molecule has 0 aliphatic rings. The van der Waals surface area contributed by atoms with Crippen molar-refractivity contribution in [3.8, 4) is 0 Å². The number of hydrogen-bond acceptors (Lipinski definition) is 5. The zero-order chi connectivity index (χ0) is 15.5. The summed E-state index contributed by atoms with van der Waals surface area (Å²) in [7, 11) is -2.43. The van der Waals surface area contributed by atoms with Crippen LogP contribution < -0.4 is 0 Å². The molecule has 0 fully saturated rings. The van der Waals surface area contributed by atoms with E-state index in [1.807, 2.05) is 13.8 Å². The normalized spacial score (nSPS) is 12.2. The first-order chi connectivity index (χ1) is 9.25. The van der Waals surface area contributed by atoms with Crippen LogP contribution in [0.5, 0.6) is 0 Å². The van der Waals surface area contributed by atoms with Crippen LogP contribution in [0.2, 0.25) is 0 Å². The lowest BCUT2D eigenvalue weighted by Crippen LogP contribution is -2.35. The van der Waals surface area contributed by atoms with Crippen LogP contribution in [0, 0.1) is 12.8 Å². The fraction of sp³-hybridized carbons (Fsp3) is 0.615. The lowest BCUT2D eigenvalue weighted by atomic mass is 10.2. The summed E-state index contributed by atoms with van der Waals surface area (Å²) in [6.45, 7) is 8.20. The molecule has 1 heterocycles. The number of rotatable bonds is 6. The molecule has 114 valence electrons. The minimum absolute atomic E-state index is 0.0804. The Balaban J connectivity index is 3.34. The van der Waals surface area contributed by atoms with E-state index < -0.39 is 16.0 Å². The van der Waals surface area contributed by atoms with E-state index >= 15 is 0 Å². The molecule has 0 radical (unpaired) electrons. The summed E-state index contributed by atoms with van der Waals surface area (Å²) in [5, 5.41) is 1.67. The second-order valence-electron chi connectivity index (χ2n) is 4.92. The van der Waals surface area contributed by atoms with Gasteiger partial charge in [0, 0.05) is 13.1 Å². The molecule has 0 saturated carbocycles. The summed E-state index contributed by atoms with van der Waals surface area (Å²) in [5.74, 6) is -0.396. The molecule has 0 bridgehead atoms. The minimum atomic E-state index is -3.68. The molecule has 1 rings (SSSR count). The summed E-state index contributed by atoms with van der Waals surface area (Å²) >= 11 is 1.10. The number of carbonyl (C=O) groups is 1. The van der Waals surface area contributed by atoms with E-state index in [0.29, 0.717) is 18.7 Å². The topological polar surface area (TPSA) is 63.7 Å².